The zero-order valence-electron chi connectivity index (χ0n) is 8.57. The molecule has 0 bridgehead atoms. The summed E-state index contributed by atoms with van der Waals surface area (Å²) in [6.07, 6.45) is 2.77. The van der Waals surface area contributed by atoms with Crippen molar-refractivity contribution in [2.45, 2.75) is 13.0 Å². The molecule has 1 aromatic heterocycles. The predicted octanol–water partition coefficient (Wildman–Crippen LogP) is 0.512. The fourth-order valence-electron chi connectivity index (χ4n) is 1.02. The number of hydrogen-bond donors (Lipinski definition) is 3. The van der Waals surface area contributed by atoms with Crippen molar-refractivity contribution < 1.29 is 5.11 Å². The molecule has 0 amide bonds. The van der Waals surface area contributed by atoms with Crippen molar-refractivity contribution in [3.05, 3.63) is 17.5 Å². The first-order valence-corrected chi connectivity index (χ1v) is 5.16. The van der Waals surface area contributed by atoms with Gasteiger partial charge in [-0.3, -0.25) is 4.98 Å². The lowest BCUT2D eigenvalue weighted by Crippen LogP contribution is -2.29. The minimum atomic E-state index is -0.323. The standard InChI is InChI=1S/C9H15ClN4O/c1-7(15)4-11-2-3-13-9-6-12-5-8(10)14-9/h5-7,11,15H,2-4H2,1H3,(H,13,14). The van der Waals surface area contributed by atoms with Gasteiger partial charge in [-0.2, -0.15) is 0 Å². The van der Waals surface area contributed by atoms with Crippen molar-refractivity contribution in [1.29, 1.82) is 0 Å². The average Bonchev–Trinajstić information content (AvgIpc) is 2.17. The molecule has 0 aliphatic carbocycles. The highest BCUT2D eigenvalue weighted by atomic mass is 35.5. The first-order chi connectivity index (χ1) is 7.18. The molecule has 0 saturated carbocycles. The maximum atomic E-state index is 8.98. The Hall–Kier alpha value is -0.910. The number of aromatic nitrogens is 2. The largest absolute Gasteiger partial charge is 0.392 e. The van der Waals surface area contributed by atoms with Gasteiger partial charge in [0.25, 0.3) is 0 Å². The van der Waals surface area contributed by atoms with E-state index in [1.165, 1.54) is 6.20 Å². The molecule has 1 unspecified atom stereocenters. The van der Waals surface area contributed by atoms with Crippen LogP contribution in [0.15, 0.2) is 12.4 Å². The number of halogens is 1. The molecule has 0 radical (unpaired) electrons. The Kier molecular flexibility index (Phi) is 5.31. The van der Waals surface area contributed by atoms with Crippen molar-refractivity contribution in [3.63, 3.8) is 0 Å². The monoisotopic (exact) mass is 230 g/mol. The summed E-state index contributed by atoms with van der Waals surface area (Å²) < 4.78 is 0. The SMILES string of the molecule is CC(O)CNCCNc1cncc(Cl)n1. The quantitative estimate of drug-likeness (QED) is 0.622. The van der Waals surface area contributed by atoms with Gasteiger partial charge in [0, 0.05) is 19.6 Å². The molecule has 5 nitrogen and oxygen atoms in total. The maximum Gasteiger partial charge on any atom is 0.149 e. The van der Waals surface area contributed by atoms with Crippen LogP contribution in [-0.2, 0) is 0 Å². The van der Waals surface area contributed by atoms with Crippen molar-refractivity contribution in [2.75, 3.05) is 25.0 Å². The summed E-state index contributed by atoms with van der Waals surface area (Å²) in [5.74, 6) is 0.654. The molecule has 3 N–H and O–H groups in total. The summed E-state index contributed by atoms with van der Waals surface area (Å²) in [7, 11) is 0. The van der Waals surface area contributed by atoms with Crippen LogP contribution in [0, 0.1) is 0 Å². The van der Waals surface area contributed by atoms with E-state index in [9.17, 15) is 0 Å². The highest BCUT2D eigenvalue weighted by Crippen LogP contribution is 2.05. The van der Waals surface area contributed by atoms with Gasteiger partial charge < -0.3 is 15.7 Å². The van der Waals surface area contributed by atoms with Crippen molar-refractivity contribution >= 4 is 17.4 Å². The van der Waals surface area contributed by atoms with Crippen LogP contribution < -0.4 is 10.6 Å². The summed E-state index contributed by atoms with van der Waals surface area (Å²) in [5.41, 5.74) is 0. The minimum Gasteiger partial charge on any atom is -0.392 e. The molecule has 1 atom stereocenters. The number of anilines is 1. The third kappa shape index (κ3) is 5.51. The summed E-state index contributed by atoms with van der Waals surface area (Å²) in [5, 5.41) is 15.5. The second-order valence-electron chi connectivity index (χ2n) is 3.21. The molecule has 0 aliphatic rings. The lowest BCUT2D eigenvalue weighted by atomic mass is 10.4. The van der Waals surface area contributed by atoms with Crippen LogP contribution in [0.5, 0.6) is 0 Å². The third-order valence-corrected chi connectivity index (χ3v) is 1.83. The molecule has 0 saturated heterocycles. The second kappa shape index (κ2) is 6.55. The molecule has 0 spiro atoms. The second-order valence-corrected chi connectivity index (χ2v) is 3.59. The van der Waals surface area contributed by atoms with Gasteiger partial charge >= 0.3 is 0 Å². The van der Waals surface area contributed by atoms with Gasteiger partial charge in [-0.05, 0) is 6.92 Å². The zero-order chi connectivity index (χ0) is 11.1. The van der Waals surface area contributed by atoms with E-state index in [1.807, 2.05) is 0 Å². The number of nitrogens with one attached hydrogen (secondary N) is 2. The molecular formula is C9H15ClN4O. The Bertz CT molecular complexity index is 295. The normalized spacial score (nSPS) is 12.5. The Balaban J connectivity index is 2.15. The number of rotatable bonds is 6. The van der Waals surface area contributed by atoms with Gasteiger partial charge in [0.2, 0.25) is 0 Å². The van der Waals surface area contributed by atoms with Crippen molar-refractivity contribution in [1.82, 2.24) is 15.3 Å². The number of aliphatic hydroxyl groups excluding tert-OH is 1. The molecule has 0 aliphatic heterocycles. The molecule has 15 heavy (non-hydrogen) atoms. The van der Waals surface area contributed by atoms with E-state index >= 15 is 0 Å². The summed E-state index contributed by atoms with van der Waals surface area (Å²) in [4.78, 5) is 7.91. The smallest absolute Gasteiger partial charge is 0.149 e. The Morgan fingerprint density at radius 3 is 2.93 bits per heavy atom. The zero-order valence-corrected chi connectivity index (χ0v) is 9.33. The first kappa shape index (κ1) is 12.2. The van der Waals surface area contributed by atoms with E-state index in [4.69, 9.17) is 16.7 Å². The lowest BCUT2D eigenvalue weighted by Gasteiger charge is -2.08. The van der Waals surface area contributed by atoms with E-state index in [2.05, 4.69) is 20.6 Å². The van der Waals surface area contributed by atoms with Crippen LogP contribution in [0.3, 0.4) is 0 Å². The molecule has 84 valence electrons. The van der Waals surface area contributed by atoms with E-state index in [1.54, 1.807) is 13.1 Å². The molecule has 0 aromatic carbocycles. The molecular weight excluding hydrogens is 216 g/mol. The van der Waals surface area contributed by atoms with Crippen molar-refractivity contribution in [2.24, 2.45) is 0 Å². The minimum absolute atomic E-state index is 0.323. The Morgan fingerprint density at radius 1 is 1.47 bits per heavy atom. The Labute approximate surface area is 93.9 Å². The maximum absolute atomic E-state index is 8.98. The number of hydrogen-bond acceptors (Lipinski definition) is 5. The Morgan fingerprint density at radius 2 is 2.27 bits per heavy atom. The molecule has 0 fully saturated rings. The van der Waals surface area contributed by atoms with Gasteiger partial charge in [0.05, 0.1) is 18.5 Å². The van der Waals surface area contributed by atoms with Crippen LogP contribution in [0.25, 0.3) is 0 Å². The van der Waals surface area contributed by atoms with Crippen molar-refractivity contribution in [3.8, 4) is 0 Å². The number of aliphatic hydroxyl groups is 1. The number of nitrogens with zero attached hydrogens (tertiary/aromatic N) is 2. The van der Waals surface area contributed by atoms with E-state index < -0.39 is 0 Å². The molecule has 1 rings (SSSR count). The van der Waals surface area contributed by atoms with E-state index in [-0.39, 0.29) is 6.10 Å². The highest BCUT2D eigenvalue weighted by molar-refractivity contribution is 6.29. The van der Waals surface area contributed by atoms with Crippen LogP contribution in [-0.4, -0.2) is 40.8 Å². The van der Waals surface area contributed by atoms with Gasteiger partial charge in [-0.15, -0.1) is 0 Å². The highest BCUT2D eigenvalue weighted by Gasteiger charge is 1.96. The van der Waals surface area contributed by atoms with Gasteiger partial charge in [-0.25, -0.2) is 4.98 Å². The molecule has 1 heterocycles. The molecule has 1 aromatic rings. The summed E-state index contributed by atoms with van der Waals surface area (Å²) in [6, 6.07) is 0. The van der Waals surface area contributed by atoms with E-state index in [0.29, 0.717) is 24.1 Å². The lowest BCUT2D eigenvalue weighted by molar-refractivity contribution is 0.192. The van der Waals surface area contributed by atoms with Crippen LogP contribution >= 0.6 is 11.6 Å². The fourth-order valence-corrected chi connectivity index (χ4v) is 1.16. The average molecular weight is 231 g/mol. The van der Waals surface area contributed by atoms with Crippen LogP contribution in [0.2, 0.25) is 5.15 Å². The van der Waals surface area contributed by atoms with Crippen LogP contribution in [0.1, 0.15) is 6.92 Å². The van der Waals surface area contributed by atoms with E-state index in [0.717, 1.165) is 6.54 Å². The molecule has 6 heteroatoms. The fraction of sp³-hybridized carbons (Fsp3) is 0.556. The van der Waals surface area contributed by atoms with Gasteiger partial charge in [0.15, 0.2) is 0 Å². The summed E-state index contributed by atoms with van der Waals surface area (Å²) >= 11 is 5.66. The summed E-state index contributed by atoms with van der Waals surface area (Å²) in [6.45, 7) is 3.78. The first-order valence-electron chi connectivity index (χ1n) is 4.78. The van der Waals surface area contributed by atoms with Crippen LogP contribution in [0.4, 0.5) is 5.82 Å². The van der Waals surface area contributed by atoms with Gasteiger partial charge in [0.1, 0.15) is 11.0 Å². The third-order valence-electron chi connectivity index (χ3n) is 1.65. The van der Waals surface area contributed by atoms with Gasteiger partial charge in [-0.1, -0.05) is 11.6 Å². The topological polar surface area (TPSA) is 70.1 Å². The predicted molar refractivity (Wildman–Crippen MR) is 60.1 cm³/mol.